The number of nitrogens with zero attached hydrogens (tertiary/aromatic N) is 1. The second-order valence-electron chi connectivity index (χ2n) is 5.08. The third-order valence-electron chi connectivity index (χ3n) is 3.67. The van der Waals surface area contributed by atoms with Crippen molar-refractivity contribution in [3.8, 4) is 0 Å². The minimum Gasteiger partial charge on any atom is -0.396 e. The van der Waals surface area contributed by atoms with E-state index in [-0.39, 0.29) is 0 Å². The Morgan fingerprint density at radius 2 is 2.26 bits per heavy atom. The van der Waals surface area contributed by atoms with Gasteiger partial charge in [0.15, 0.2) is 0 Å². The van der Waals surface area contributed by atoms with Gasteiger partial charge in [0, 0.05) is 51.5 Å². The Morgan fingerprint density at radius 3 is 3.00 bits per heavy atom. The molecule has 1 atom stereocenters. The topological polar surface area (TPSA) is 44.7 Å². The molecule has 0 amide bonds. The van der Waals surface area contributed by atoms with E-state index >= 15 is 0 Å². The lowest BCUT2D eigenvalue weighted by Crippen LogP contribution is -2.24. The number of nitrogens with one attached hydrogen (secondary N) is 1. The van der Waals surface area contributed by atoms with E-state index in [4.69, 9.17) is 4.74 Å². The van der Waals surface area contributed by atoms with Crippen LogP contribution < -0.4 is 10.2 Å². The van der Waals surface area contributed by atoms with E-state index in [1.54, 1.807) is 7.11 Å². The quantitative estimate of drug-likeness (QED) is 0.727. The van der Waals surface area contributed by atoms with Crippen LogP contribution in [0, 0.1) is 5.92 Å². The number of anilines is 1. The van der Waals surface area contributed by atoms with E-state index in [2.05, 4.69) is 34.5 Å². The van der Waals surface area contributed by atoms with E-state index in [0.29, 0.717) is 12.5 Å². The first-order valence-electron chi connectivity index (χ1n) is 6.98. The molecule has 4 heteroatoms. The van der Waals surface area contributed by atoms with Gasteiger partial charge in [-0.05, 0) is 18.1 Å². The fourth-order valence-corrected chi connectivity index (χ4v) is 2.57. The SMILES string of the molecule is COCCNCc1ccccc1N1CCC(CO)C1. The van der Waals surface area contributed by atoms with Crippen molar-refractivity contribution in [1.29, 1.82) is 0 Å². The van der Waals surface area contributed by atoms with Gasteiger partial charge in [0.25, 0.3) is 0 Å². The summed E-state index contributed by atoms with van der Waals surface area (Å²) in [5.41, 5.74) is 2.61. The molecule has 0 spiro atoms. The summed E-state index contributed by atoms with van der Waals surface area (Å²) in [4.78, 5) is 2.38. The van der Waals surface area contributed by atoms with Crippen LogP contribution in [0.5, 0.6) is 0 Å². The fourth-order valence-electron chi connectivity index (χ4n) is 2.57. The maximum Gasteiger partial charge on any atom is 0.0587 e. The van der Waals surface area contributed by atoms with Crippen molar-refractivity contribution >= 4 is 5.69 Å². The van der Waals surface area contributed by atoms with Gasteiger partial charge >= 0.3 is 0 Å². The standard InChI is InChI=1S/C15H24N2O2/c1-19-9-7-16-10-14-4-2-3-5-15(14)17-8-6-13(11-17)12-18/h2-5,13,16,18H,6-12H2,1H3. The zero-order chi connectivity index (χ0) is 13.5. The molecule has 1 fully saturated rings. The maximum atomic E-state index is 9.25. The lowest BCUT2D eigenvalue weighted by atomic mass is 10.1. The first-order chi connectivity index (χ1) is 9.35. The molecule has 1 aromatic rings. The van der Waals surface area contributed by atoms with Crippen LogP contribution in [0.25, 0.3) is 0 Å². The summed E-state index contributed by atoms with van der Waals surface area (Å²) in [6.07, 6.45) is 1.09. The first kappa shape index (κ1) is 14.3. The van der Waals surface area contributed by atoms with Crippen molar-refractivity contribution in [1.82, 2.24) is 5.32 Å². The highest BCUT2D eigenvalue weighted by atomic mass is 16.5. The molecule has 106 valence electrons. The molecule has 1 unspecified atom stereocenters. The Kier molecular flexibility index (Phi) is 5.63. The van der Waals surface area contributed by atoms with Crippen LogP contribution >= 0.6 is 0 Å². The molecule has 0 aliphatic carbocycles. The zero-order valence-corrected chi connectivity index (χ0v) is 11.6. The second-order valence-corrected chi connectivity index (χ2v) is 5.08. The Bertz CT molecular complexity index is 384. The number of aliphatic hydroxyl groups is 1. The number of aliphatic hydroxyl groups excluding tert-OH is 1. The van der Waals surface area contributed by atoms with E-state index < -0.39 is 0 Å². The predicted molar refractivity (Wildman–Crippen MR) is 77.4 cm³/mol. The normalized spacial score (nSPS) is 19.1. The third-order valence-corrected chi connectivity index (χ3v) is 3.67. The number of rotatable bonds is 7. The molecule has 2 rings (SSSR count). The van der Waals surface area contributed by atoms with Crippen molar-refractivity contribution in [3.05, 3.63) is 29.8 Å². The van der Waals surface area contributed by atoms with Gasteiger partial charge in [0.2, 0.25) is 0 Å². The summed E-state index contributed by atoms with van der Waals surface area (Å²) in [7, 11) is 1.72. The summed E-state index contributed by atoms with van der Waals surface area (Å²) in [6.45, 7) is 4.76. The van der Waals surface area contributed by atoms with Gasteiger partial charge in [-0.25, -0.2) is 0 Å². The third kappa shape index (κ3) is 3.93. The molecule has 0 radical (unpaired) electrons. The molecule has 1 aliphatic heterocycles. The number of hydrogen-bond acceptors (Lipinski definition) is 4. The lowest BCUT2D eigenvalue weighted by molar-refractivity contribution is 0.199. The highest BCUT2D eigenvalue weighted by molar-refractivity contribution is 5.54. The predicted octanol–water partition coefficient (Wildman–Crippen LogP) is 1.24. The molecule has 19 heavy (non-hydrogen) atoms. The largest absolute Gasteiger partial charge is 0.396 e. The Hall–Kier alpha value is -1.10. The second kappa shape index (κ2) is 7.48. The Labute approximate surface area is 115 Å². The lowest BCUT2D eigenvalue weighted by Gasteiger charge is -2.22. The van der Waals surface area contributed by atoms with Crippen LogP contribution in [0.15, 0.2) is 24.3 Å². The van der Waals surface area contributed by atoms with Crippen molar-refractivity contribution in [2.24, 2.45) is 5.92 Å². The molecular weight excluding hydrogens is 240 g/mol. The van der Waals surface area contributed by atoms with Gasteiger partial charge in [-0.2, -0.15) is 0 Å². The van der Waals surface area contributed by atoms with E-state index in [1.807, 2.05) is 0 Å². The molecule has 1 heterocycles. The monoisotopic (exact) mass is 264 g/mol. The minimum absolute atomic E-state index is 0.296. The van der Waals surface area contributed by atoms with Gasteiger partial charge < -0.3 is 20.1 Å². The minimum atomic E-state index is 0.296. The van der Waals surface area contributed by atoms with E-state index in [1.165, 1.54) is 11.3 Å². The van der Waals surface area contributed by atoms with Crippen LogP contribution in [0.2, 0.25) is 0 Å². The molecule has 0 saturated carbocycles. The molecule has 0 bridgehead atoms. The van der Waals surface area contributed by atoms with Gasteiger partial charge in [0.1, 0.15) is 0 Å². The summed E-state index contributed by atoms with van der Waals surface area (Å²) in [5, 5.41) is 12.6. The number of hydrogen-bond donors (Lipinski definition) is 2. The van der Waals surface area contributed by atoms with E-state index in [0.717, 1.165) is 39.2 Å². The molecule has 1 saturated heterocycles. The summed E-state index contributed by atoms with van der Waals surface area (Å²) < 4.78 is 5.04. The number of benzene rings is 1. The zero-order valence-electron chi connectivity index (χ0n) is 11.6. The van der Waals surface area contributed by atoms with Crippen LogP contribution in [-0.4, -0.2) is 45.1 Å². The van der Waals surface area contributed by atoms with Crippen LogP contribution in [0.4, 0.5) is 5.69 Å². The van der Waals surface area contributed by atoms with Gasteiger partial charge in [-0.1, -0.05) is 18.2 Å². The van der Waals surface area contributed by atoms with Gasteiger partial charge in [-0.15, -0.1) is 0 Å². The summed E-state index contributed by atoms with van der Waals surface area (Å²) in [5.74, 6) is 0.425. The van der Waals surface area contributed by atoms with Crippen molar-refractivity contribution in [2.45, 2.75) is 13.0 Å². The Morgan fingerprint density at radius 1 is 1.42 bits per heavy atom. The number of methoxy groups -OCH3 is 1. The van der Waals surface area contributed by atoms with Crippen molar-refractivity contribution in [3.63, 3.8) is 0 Å². The molecule has 0 aromatic heterocycles. The highest BCUT2D eigenvalue weighted by Crippen LogP contribution is 2.26. The first-order valence-corrected chi connectivity index (χ1v) is 6.98. The molecule has 1 aromatic carbocycles. The molecule has 4 nitrogen and oxygen atoms in total. The summed E-state index contributed by atoms with van der Waals surface area (Å²) in [6, 6.07) is 8.51. The fraction of sp³-hybridized carbons (Fsp3) is 0.600. The Balaban J connectivity index is 1.96. The molecule has 2 N–H and O–H groups in total. The van der Waals surface area contributed by atoms with Crippen LogP contribution in [-0.2, 0) is 11.3 Å². The number of para-hydroxylation sites is 1. The maximum absolute atomic E-state index is 9.25. The summed E-state index contributed by atoms with van der Waals surface area (Å²) >= 11 is 0. The van der Waals surface area contributed by atoms with Gasteiger partial charge in [-0.3, -0.25) is 0 Å². The van der Waals surface area contributed by atoms with Crippen molar-refractivity contribution < 1.29 is 9.84 Å². The van der Waals surface area contributed by atoms with Crippen LogP contribution in [0.1, 0.15) is 12.0 Å². The van der Waals surface area contributed by atoms with Gasteiger partial charge in [0.05, 0.1) is 6.61 Å². The average molecular weight is 264 g/mol. The molecular formula is C15H24N2O2. The van der Waals surface area contributed by atoms with Crippen molar-refractivity contribution in [2.75, 3.05) is 44.9 Å². The highest BCUT2D eigenvalue weighted by Gasteiger charge is 2.23. The molecule has 1 aliphatic rings. The van der Waals surface area contributed by atoms with E-state index in [9.17, 15) is 5.11 Å². The van der Waals surface area contributed by atoms with Crippen LogP contribution in [0.3, 0.4) is 0 Å². The number of ether oxygens (including phenoxy) is 1. The average Bonchev–Trinajstić information content (AvgIpc) is 2.93. The smallest absolute Gasteiger partial charge is 0.0587 e.